The van der Waals surface area contributed by atoms with Crippen LogP contribution >= 0.6 is 0 Å². The van der Waals surface area contributed by atoms with E-state index in [1.807, 2.05) is 6.07 Å². The molecule has 3 aromatic carbocycles. The van der Waals surface area contributed by atoms with Crippen molar-refractivity contribution >= 4 is 23.3 Å². The Morgan fingerprint density at radius 2 is 1.50 bits per heavy atom. The highest BCUT2D eigenvalue weighted by atomic mass is 16.6. The Hall–Kier alpha value is -4.20. The molecule has 0 aromatic heterocycles. The fourth-order valence-electron chi connectivity index (χ4n) is 2.60. The van der Waals surface area contributed by atoms with Gasteiger partial charge in [-0.15, -0.1) is 0 Å². The number of anilines is 1. The van der Waals surface area contributed by atoms with E-state index in [2.05, 4.69) is 0 Å². The molecule has 152 valence electrons. The Kier molecular flexibility index (Phi) is 6.39. The number of esters is 1. The first-order chi connectivity index (χ1) is 14.4. The second kappa shape index (κ2) is 9.33. The van der Waals surface area contributed by atoms with E-state index in [4.69, 9.17) is 9.47 Å². The normalized spacial score (nSPS) is 10.2. The van der Waals surface area contributed by atoms with Crippen molar-refractivity contribution in [3.63, 3.8) is 0 Å². The first-order valence-corrected chi connectivity index (χ1v) is 8.95. The minimum absolute atomic E-state index is 0.0955. The van der Waals surface area contributed by atoms with Crippen molar-refractivity contribution in [2.24, 2.45) is 0 Å². The van der Waals surface area contributed by atoms with Gasteiger partial charge in [-0.3, -0.25) is 14.9 Å². The van der Waals surface area contributed by atoms with Crippen LogP contribution in [0.5, 0.6) is 11.5 Å². The number of benzene rings is 3. The molecular weight excluding hydrogens is 388 g/mol. The Morgan fingerprint density at radius 3 is 2.10 bits per heavy atom. The molecule has 0 bridgehead atoms. The molecule has 0 spiro atoms. The number of hydrogen-bond donors (Lipinski definition) is 0. The number of carbonyl (C=O) groups is 2. The minimum Gasteiger partial charge on any atom is -0.482 e. The summed E-state index contributed by atoms with van der Waals surface area (Å²) in [5, 5.41) is 10.6. The number of ether oxygens (including phenoxy) is 2. The van der Waals surface area contributed by atoms with Crippen molar-refractivity contribution in [1.29, 1.82) is 0 Å². The number of carbonyl (C=O) groups excluding carboxylic acids is 2. The summed E-state index contributed by atoms with van der Waals surface area (Å²) in [6.45, 7) is -0.338. The SMILES string of the molecule is CN(C(=O)c1ccccc1)c1ccc(OCC(=O)Oc2ccc([N+](=O)[O-])cc2)cc1. The summed E-state index contributed by atoms with van der Waals surface area (Å²) in [6, 6.07) is 20.8. The van der Waals surface area contributed by atoms with Gasteiger partial charge in [0.2, 0.25) is 0 Å². The summed E-state index contributed by atoms with van der Waals surface area (Å²) < 4.78 is 10.5. The van der Waals surface area contributed by atoms with E-state index >= 15 is 0 Å². The molecule has 0 atom stereocenters. The molecule has 0 heterocycles. The van der Waals surface area contributed by atoms with Crippen LogP contribution in [-0.2, 0) is 4.79 Å². The van der Waals surface area contributed by atoms with Gasteiger partial charge < -0.3 is 14.4 Å². The highest BCUT2D eigenvalue weighted by molar-refractivity contribution is 6.05. The third-order valence-electron chi connectivity index (χ3n) is 4.19. The van der Waals surface area contributed by atoms with Crippen molar-refractivity contribution in [3.8, 4) is 11.5 Å². The number of non-ortho nitro benzene ring substituents is 1. The van der Waals surface area contributed by atoms with Crippen molar-refractivity contribution in [2.45, 2.75) is 0 Å². The lowest BCUT2D eigenvalue weighted by Gasteiger charge is -2.17. The first kappa shape index (κ1) is 20.5. The van der Waals surface area contributed by atoms with Crippen molar-refractivity contribution < 1.29 is 24.0 Å². The van der Waals surface area contributed by atoms with Gasteiger partial charge in [0.1, 0.15) is 11.5 Å². The van der Waals surface area contributed by atoms with Crippen LogP contribution in [0.25, 0.3) is 0 Å². The van der Waals surface area contributed by atoms with Gasteiger partial charge in [-0.1, -0.05) is 18.2 Å². The maximum absolute atomic E-state index is 12.5. The summed E-state index contributed by atoms with van der Waals surface area (Å²) in [6.07, 6.45) is 0. The van der Waals surface area contributed by atoms with Crippen LogP contribution in [-0.4, -0.2) is 30.5 Å². The fourth-order valence-corrected chi connectivity index (χ4v) is 2.60. The number of nitrogens with zero attached hydrogens (tertiary/aromatic N) is 2. The van der Waals surface area contributed by atoms with E-state index in [-0.39, 0.29) is 24.0 Å². The Morgan fingerprint density at radius 1 is 0.900 bits per heavy atom. The molecule has 0 saturated heterocycles. The lowest BCUT2D eigenvalue weighted by Crippen LogP contribution is -2.26. The highest BCUT2D eigenvalue weighted by Crippen LogP contribution is 2.21. The average Bonchev–Trinajstić information content (AvgIpc) is 2.78. The lowest BCUT2D eigenvalue weighted by atomic mass is 10.2. The molecule has 0 aliphatic rings. The van der Waals surface area contributed by atoms with Gasteiger partial charge in [-0.25, -0.2) is 4.79 Å². The van der Waals surface area contributed by atoms with Gasteiger partial charge in [-0.05, 0) is 48.5 Å². The number of nitro benzene ring substituents is 1. The zero-order valence-corrected chi connectivity index (χ0v) is 16.1. The topological polar surface area (TPSA) is 99.0 Å². The van der Waals surface area contributed by atoms with E-state index in [0.29, 0.717) is 17.0 Å². The molecule has 0 saturated carbocycles. The fraction of sp³-hybridized carbons (Fsp3) is 0.0909. The van der Waals surface area contributed by atoms with Gasteiger partial charge in [0.05, 0.1) is 4.92 Å². The minimum atomic E-state index is -0.649. The van der Waals surface area contributed by atoms with Crippen LogP contribution in [0.1, 0.15) is 10.4 Å². The van der Waals surface area contributed by atoms with E-state index in [0.717, 1.165) is 0 Å². The third-order valence-corrected chi connectivity index (χ3v) is 4.19. The predicted molar refractivity (Wildman–Crippen MR) is 110 cm³/mol. The van der Waals surface area contributed by atoms with Crippen LogP contribution in [0.3, 0.4) is 0 Å². The van der Waals surface area contributed by atoms with E-state index in [1.54, 1.807) is 55.6 Å². The molecule has 1 amide bonds. The molecule has 8 nitrogen and oxygen atoms in total. The number of rotatable bonds is 7. The van der Waals surface area contributed by atoms with Crippen LogP contribution in [0.2, 0.25) is 0 Å². The molecule has 0 aliphatic carbocycles. The molecule has 0 N–H and O–H groups in total. The molecule has 0 aliphatic heterocycles. The van der Waals surface area contributed by atoms with Gasteiger partial charge in [0, 0.05) is 30.4 Å². The number of amides is 1. The van der Waals surface area contributed by atoms with Crippen molar-refractivity contribution in [3.05, 3.63) is 94.5 Å². The summed E-state index contributed by atoms with van der Waals surface area (Å²) in [5.41, 5.74) is 1.15. The summed E-state index contributed by atoms with van der Waals surface area (Å²) >= 11 is 0. The maximum Gasteiger partial charge on any atom is 0.349 e. The van der Waals surface area contributed by atoms with E-state index < -0.39 is 10.9 Å². The van der Waals surface area contributed by atoms with Crippen LogP contribution in [0.4, 0.5) is 11.4 Å². The summed E-state index contributed by atoms with van der Waals surface area (Å²) in [7, 11) is 1.67. The largest absolute Gasteiger partial charge is 0.482 e. The van der Waals surface area contributed by atoms with Gasteiger partial charge in [0.15, 0.2) is 6.61 Å². The Balaban J connectivity index is 1.53. The van der Waals surface area contributed by atoms with Gasteiger partial charge in [-0.2, -0.15) is 0 Å². The van der Waals surface area contributed by atoms with Crippen molar-refractivity contribution in [2.75, 3.05) is 18.6 Å². The monoisotopic (exact) mass is 406 g/mol. The second-order valence-electron chi connectivity index (χ2n) is 6.24. The average molecular weight is 406 g/mol. The summed E-state index contributed by atoms with van der Waals surface area (Å²) in [5.74, 6) is -0.175. The predicted octanol–water partition coefficient (Wildman–Crippen LogP) is 3.86. The zero-order chi connectivity index (χ0) is 21.5. The van der Waals surface area contributed by atoms with Crippen LogP contribution in [0, 0.1) is 10.1 Å². The second-order valence-corrected chi connectivity index (χ2v) is 6.24. The molecule has 0 fully saturated rings. The van der Waals surface area contributed by atoms with Gasteiger partial charge in [0.25, 0.3) is 11.6 Å². The van der Waals surface area contributed by atoms with Crippen LogP contribution in [0.15, 0.2) is 78.9 Å². The molecule has 3 rings (SSSR count). The van der Waals surface area contributed by atoms with Crippen LogP contribution < -0.4 is 14.4 Å². The van der Waals surface area contributed by atoms with Gasteiger partial charge >= 0.3 is 5.97 Å². The zero-order valence-electron chi connectivity index (χ0n) is 16.1. The standard InChI is InChI=1S/C22H18N2O6/c1-23(22(26)16-5-3-2-4-6-16)17-7-11-19(12-8-17)29-15-21(25)30-20-13-9-18(10-14-20)24(27)28/h2-14H,15H2,1H3. The number of nitro groups is 1. The quantitative estimate of drug-likeness (QED) is 0.256. The molecule has 30 heavy (non-hydrogen) atoms. The first-order valence-electron chi connectivity index (χ1n) is 8.95. The smallest absolute Gasteiger partial charge is 0.349 e. The van der Waals surface area contributed by atoms with E-state index in [9.17, 15) is 19.7 Å². The maximum atomic E-state index is 12.5. The Labute approximate surface area is 172 Å². The molecule has 0 unspecified atom stereocenters. The Bertz CT molecular complexity index is 1030. The number of hydrogen-bond acceptors (Lipinski definition) is 6. The third kappa shape index (κ3) is 5.20. The molecular formula is C22H18N2O6. The van der Waals surface area contributed by atoms with E-state index in [1.165, 1.54) is 29.2 Å². The summed E-state index contributed by atoms with van der Waals surface area (Å²) in [4.78, 5) is 36.0. The molecule has 8 heteroatoms. The highest BCUT2D eigenvalue weighted by Gasteiger charge is 2.13. The van der Waals surface area contributed by atoms with Crippen molar-refractivity contribution in [1.82, 2.24) is 0 Å². The molecule has 3 aromatic rings. The lowest BCUT2D eigenvalue weighted by molar-refractivity contribution is -0.384. The molecule has 0 radical (unpaired) electrons.